The zero-order chi connectivity index (χ0) is 21.3. The van der Waals surface area contributed by atoms with Crippen LogP contribution in [0.25, 0.3) is 16.7 Å². The van der Waals surface area contributed by atoms with Crippen molar-refractivity contribution < 1.29 is 4.79 Å². The molecule has 0 spiro atoms. The zero-order valence-electron chi connectivity index (χ0n) is 16.7. The maximum atomic E-state index is 12.6. The number of nitrogens with one attached hydrogen (secondary N) is 1. The Morgan fingerprint density at radius 2 is 1.97 bits per heavy atom. The van der Waals surface area contributed by atoms with Crippen molar-refractivity contribution >= 4 is 40.5 Å². The number of aryl methyl sites for hydroxylation is 2. The normalized spacial score (nSPS) is 13.9. The summed E-state index contributed by atoms with van der Waals surface area (Å²) in [7, 11) is 1.87. The number of rotatable bonds is 3. The molecule has 0 bridgehead atoms. The maximum Gasteiger partial charge on any atom is 0.322 e. The average molecular weight is 442 g/mol. The van der Waals surface area contributed by atoms with E-state index in [-0.39, 0.29) is 6.03 Å². The van der Waals surface area contributed by atoms with Crippen molar-refractivity contribution in [1.82, 2.24) is 19.7 Å². The molecule has 154 valence electrons. The van der Waals surface area contributed by atoms with Gasteiger partial charge in [0.25, 0.3) is 0 Å². The molecular formula is C22H21Cl2N5O. The van der Waals surface area contributed by atoms with E-state index in [0.29, 0.717) is 35.2 Å². The summed E-state index contributed by atoms with van der Waals surface area (Å²) < 4.78 is 1.74. The van der Waals surface area contributed by atoms with Crippen molar-refractivity contribution in [3.05, 3.63) is 70.2 Å². The van der Waals surface area contributed by atoms with Gasteiger partial charge in [0, 0.05) is 54.4 Å². The first-order valence-electron chi connectivity index (χ1n) is 9.57. The highest BCUT2D eigenvalue weighted by Gasteiger charge is 2.20. The minimum Gasteiger partial charge on any atom is -0.320 e. The third kappa shape index (κ3) is 4.35. The molecule has 0 saturated carbocycles. The monoisotopic (exact) mass is 441 g/mol. The summed E-state index contributed by atoms with van der Waals surface area (Å²) in [5.41, 5.74) is 5.34. The standard InChI is InChI=1S/C22H21Cl2N5O/c1-14-3-4-18(10-19(14)23)27-22(30)29-7-5-15(6-8-29)21-20(24)9-16(11-25-21)17-12-26-28(2)13-17/h3-5,9-13H,6-8H2,1-2H3,(H,27,30). The van der Waals surface area contributed by atoms with E-state index in [4.69, 9.17) is 23.2 Å². The molecule has 0 fully saturated rings. The van der Waals surface area contributed by atoms with Crippen LogP contribution in [-0.4, -0.2) is 38.8 Å². The number of hydrogen-bond donors (Lipinski definition) is 1. The van der Waals surface area contributed by atoms with Gasteiger partial charge in [-0.2, -0.15) is 5.10 Å². The number of nitrogens with zero attached hydrogens (tertiary/aromatic N) is 4. The molecule has 0 unspecified atom stereocenters. The molecule has 1 aliphatic rings. The van der Waals surface area contributed by atoms with Gasteiger partial charge in [-0.3, -0.25) is 9.67 Å². The van der Waals surface area contributed by atoms with Gasteiger partial charge in [-0.25, -0.2) is 4.79 Å². The number of pyridine rings is 1. The predicted molar refractivity (Wildman–Crippen MR) is 121 cm³/mol. The summed E-state index contributed by atoms with van der Waals surface area (Å²) in [4.78, 5) is 18.9. The predicted octanol–water partition coefficient (Wildman–Crippen LogP) is 5.42. The molecule has 3 heterocycles. The van der Waals surface area contributed by atoms with Crippen LogP contribution in [0.3, 0.4) is 0 Å². The van der Waals surface area contributed by atoms with Crippen LogP contribution in [0, 0.1) is 6.92 Å². The van der Waals surface area contributed by atoms with E-state index in [0.717, 1.165) is 28.0 Å². The smallest absolute Gasteiger partial charge is 0.320 e. The van der Waals surface area contributed by atoms with E-state index in [1.54, 1.807) is 28.0 Å². The molecule has 0 radical (unpaired) electrons. The summed E-state index contributed by atoms with van der Waals surface area (Å²) in [6.07, 6.45) is 8.19. The summed E-state index contributed by atoms with van der Waals surface area (Å²) in [5, 5.41) is 8.30. The molecule has 8 heteroatoms. The van der Waals surface area contributed by atoms with Crippen LogP contribution in [0.1, 0.15) is 17.7 Å². The second-order valence-electron chi connectivity index (χ2n) is 7.28. The van der Waals surface area contributed by atoms with Crippen LogP contribution in [0.15, 0.2) is 48.9 Å². The highest BCUT2D eigenvalue weighted by molar-refractivity contribution is 6.32. The average Bonchev–Trinajstić information content (AvgIpc) is 3.17. The van der Waals surface area contributed by atoms with E-state index in [2.05, 4.69) is 15.4 Å². The first kappa shape index (κ1) is 20.4. The molecule has 2 aromatic heterocycles. The minimum absolute atomic E-state index is 0.156. The van der Waals surface area contributed by atoms with Gasteiger partial charge in [-0.05, 0) is 42.7 Å². The van der Waals surface area contributed by atoms with Crippen LogP contribution in [0.2, 0.25) is 10.0 Å². The Hall–Kier alpha value is -2.83. The van der Waals surface area contributed by atoms with Gasteiger partial charge < -0.3 is 10.2 Å². The van der Waals surface area contributed by atoms with Crippen molar-refractivity contribution in [1.29, 1.82) is 0 Å². The Bertz CT molecular complexity index is 1140. The van der Waals surface area contributed by atoms with Crippen LogP contribution in [-0.2, 0) is 7.05 Å². The molecule has 3 aromatic rings. The maximum absolute atomic E-state index is 12.6. The van der Waals surface area contributed by atoms with E-state index in [9.17, 15) is 4.79 Å². The van der Waals surface area contributed by atoms with Crippen LogP contribution >= 0.6 is 23.2 Å². The Balaban J connectivity index is 1.44. The van der Waals surface area contributed by atoms with E-state index in [1.807, 2.05) is 44.4 Å². The molecule has 1 aromatic carbocycles. The summed E-state index contributed by atoms with van der Waals surface area (Å²) in [6.45, 7) is 3.00. The number of urea groups is 1. The molecular weight excluding hydrogens is 421 g/mol. The highest BCUT2D eigenvalue weighted by atomic mass is 35.5. The lowest BCUT2D eigenvalue weighted by Crippen LogP contribution is -2.38. The first-order valence-corrected chi connectivity index (χ1v) is 10.3. The lowest BCUT2D eigenvalue weighted by atomic mass is 10.0. The third-order valence-corrected chi connectivity index (χ3v) is 5.80. The van der Waals surface area contributed by atoms with Crippen molar-refractivity contribution in [2.75, 3.05) is 18.4 Å². The zero-order valence-corrected chi connectivity index (χ0v) is 18.2. The Morgan fingerprint density at radius 1 is 1.13 bits per heavy atom. The van der Waals surface area contributed by atoms with E-state index < -0.39 is 0 Å². The van der Waals surface area contributed by atoms with E-state index in [1.165, 1.54) is 0 Å². The summed E-state index contributed by atoms with van der Waals surface area (Å²) in [5.74, 6) is 0. The topological polar surface area (TPSA) is 63.1 Å². The third-order valence-electron chi connectivity index (χ3n) is 5.10. The number of anilines is 1. The fourth-order valence-corrected chi connectivity index (χ4v) is 3.81. The molecule has 4 rings (SSSR count). The molecule has 1 aliphatic heterocycles. The van der Waals surface area contributed by atoms with Crippen LogP contribution in [0.5, 0.6) is 0 Å². The largest absolute Gasteiger partial charge is 0.322 e. The van der Waals surface area contributed by atoms with Crippen molar-refractivity contribution in [2.45, 2.75) is 13.3 Å². The Kier molecular flexibility index (Phi) is 5.79. The number of aromatic nitrogens is 3. The minimum atomic E-state index is -0.156. The van der Waals surface area contributed by atoms with Gasteiger partial charge in [0.15, 0.2) is 0 Å². The SMILES string of the molecule is Cc1ccc(NC(=O)N2CC=C(c3ncc(-c4cnn(C)c4)cc3Cl)CC2)cc1Cl. The van der Waals surface area contributed by atoms with Crippen LogP contribution in [0.4, 0.5) is 10.5 Å². The highest BCUT2D eigenvalue weighted by Crippen LogP contribution is 2.30. The molecule has 0 aliphatic carbocycles. The van der Waals surface area contributed by atoms with Crippen LogP contribution < -0.4 is 5.32 Å². The lowest BCUT2D eigenvalue weighted by molar-refractivity contribution is 0.217. The summed E-state index contributed by atoms with van der Waals surface area (Å²) in [6, 6.07) is 7.23. The molecule has 0 saturated heterocycles. The number of hydrogen-bond acceptors (Lipinski definition) is 3. The van der Waals surface area contributed by atoms with Gasteiger partial charge in [0.2, 0.25) is 0 Å². The van der Waals surface area contributed by atoms with Gasteiger partial charge >= 0.3 is 6.03 Å². The number of carbonyl (C=O) groups is 1. The van der Waals surface area contributed by atoms with Gasteiger partial charge in [-0.1, -0.05) is 35.3 Å². The molecule has 30 heavy (non-hydrogen) atoms. The number of halogens is 2. The van der Waals surface area contributed by atoms with Crippen molar-refractivity contribution in [2.24, 2.45) is 7.05 Å². The second-order valence-corrected chi connectivity index (χ2v) is 8.09. The molecule has 6 nitrogen and oxygen atoms in total. The van der Waals surface area contributed by atoms with Crippen molar-refractivity contribution in [3.63, 3.8) is 0 Å². The number of benzene rings is 1. The van der Waals surface area contributed by atoms with Gasteiger partial charge in [0.1, 0.15) is 0 Å². The number of amides is 2. The fraction of sp³-hybridized carbons (Fsp3) is 0.227. The molecule has 0 atom stereocenters. The van der Waals surface area contributed by atoms with Gasteiger partial charge in [0.05, 0.1) is 16.9 Å². The molecule has 1 N–H and O–H groups in total. The fourth-order valence-electron chi connectivity index (χ4n) is 3.34. The first-order chi connectivity index (χ1) is 14.4. The number of carbonyl (C=O) groups excluding carboxylic acids is 1. The Morgan fingerprint density at radius 3 is 2.60 bits per heavy atom. The van der Waals surface area contributed by atoms with Crippen molar-refractivity contribution in [3.8, 4) is 11.1 Å². The van der Waals surface area contributed by atoms with E-state index >= 15 is 0 Å². The molecule has 2 amide bonds. The van der Waals surface area contributed by atoms with Gasteiger partial charge in [-0.15, -0.1) is 0 Å². The lowest BCUT2D eigenvalue weighted by Gasteiger charge is -2.27. The quantitative estimate of drug-likeness (QED) is 0.589. The second kappa shape index (κ2) is 8.50. The summed E-state index contributed by atoms with van der Waals surface area (Å²) >= 11 is 12.7. The Labute approximate surface area is 185 Å².